The first-order chi connectivity index (χ1) is 26.2. The molecule has 1 N–H and O–H groups in total. The Morgan fingerprint density at radius 1 is 0.415 bits per heavy atom. The fourth-order valence-corrected chi connectivity index (χ4v) is 7.41. The number of hydrogen-bond donors (Lipinski definition) is 1. The van der Waals surface area contributed by atoms with Gasteiger partial charge in [0.15, 0.2) is 5.84 Å². The summed E-state index contributed by atoms with van der Waals surface area (Å²) in [5.41, 5.74) is 11.7. The quantitative estimate of drug-likeness (QED) is 0.190. The van der Waals surface area contributed by atoms with Gasteiger partial charge in [0.25, 0.3) is 0 Å². The van der Waals surface area contributed by atoms with Gasteiger partial charge in [-0.3, -0.25) is 0 Å². The highest BCUT2D eigenvalue weighted by atomic mass is 16.3. The van der Waals surface area contributed by atoms with Crippen LogP contribution >= 0.6 is 0 Å². The minimum atomic E-state index is -0.406. The molecule has 0 aliphatic carbocycles. The fraction of sp³-hybridized carbons (Fsp3) is 0.0204. The summed E-state index contributed by atoms with van der Waals surface area (Å²) in [7, 11) is 0. The van der Waals surface area contributed by atoms with Crippen molar-refractivity contribution in [3.8, 4) is 33.4 Å². The molecule has 0 radical (unpaired) electrons. The van der Waals surface area contributed by atoms with Crippen molar-refractivity contribution in [3.05, 3.63) is 205 Å². The second kappa shape index (κ2) is 12.9. The number of amidine groups is 2. The van der Waals surface area contributed by atoms with Crippen LogP contribution in [0.4, 0.5) is 0 Å². The van der Waals surface area contributed by atoms with E-state index < -0.39 is 6.17 Å². The van der Waals surface area contributed by atoms with Crippen molar-refractivity contribution in [2.75, 3.05) is 0 Å². The first-order valence-corrected chi connectivity index (χ1v) is 17.9. The van der Waals surface area contributed by atoms with Gasteiger partial charge in [0.05, 0.1) is 0 Å². The lowest BCUT2D eigenvalue weighted by atomic mass is 9.97. The lowest BCUT2D eigenvalue weighted by Gasteiger charge is -2.24. The highest BCUT2D eigenvalue weighted by Crippen LogP contribution is 2.38. The molecule has 0 amide bonds. The maximum atomic E-state index is 6.47. The SMILES string of the molecule is c1ccc(-c2ccc(C3=NC(c4ccc5ccccc5c4)=NC(c4cccc5oc6ccc(-c7ccc(-c8ccccc8)cc7)cc6c45)N3)cc2)cc1. The van der Waals surface area contributed by atoms with Crippen molar-refractivity contribution >= 4 is 44.4 Å². The number of nitrogens with one attached hydrogen (secondary N) is 1. The molecule has 4 heteroatoms. The number of fused-ring (bicyclic) bond motifs is 4. The van der Waals surface area contributed by atoms with Gasteiger partial charge < -0.3 is 9.73 Å². The molecule has 1 unspecified atom stereocenters. The molecule has 1 atom stereocenters. The van der Waals surface area contributed by atoms with Gasteiger partial charge >= 0.3 is 0 Å². The van der Waals surface area contributed by atoms with Crippen molar-refractivity contribution in [3.63, 3.8) is 0 Å². The summed E-state index contributed by atoms with van der Waals surface area (Å²) in [4.78, 5) is 10.5. The van der Waals surface area contributed by atoms with Crippen molar-refractivity contribution in [1.82, 2.24) is 5.32 Å². The number of hydrogen-bond acceptors (Lipinski definition) is 4. The van der Waals surface area contributed by atoms with Crippen LogP contribution in [0.5, 0.6) is 0 Å². The van der Waals surface area contributed by atoms with Crippen molar-refractivity contribution in [1.29, 1.82) is 0 Å². The second-order valence-electron chi connectivity index (χ2n) is 13.4. The standard InChI is InChI=1S/C49H33N3O/c1-3-10-32(11-4-1)35-18-20-37(21-19-35)40-28-29-44-43(31-40)46-42(16-9-17-45(46)53-44)49-51-47(38-25-22-36(23-26-38)33-12-5-2-6-13-33)50-48(52-49)41-27-24-34-14-7-8-15-39(34)30-41/h1-31,49H,(H,50,51,52). The third-order valence-corrected chi connectivity index (χ3v) is 10.2. The number of nitrogens with zero attached hydrogens (tertiary/aromatic N) is 2. The summed E-state index contributed by atoms with van der Waals surface area (Å²) in [6.07, 6.45) is -0.406. The van der Waals surface area contributed by atoms with E-state index in [4.69, 9.17) is 14.4 Å². The number of benzene rings is 8. The molecule has 8 aromatic carbocycles. The van der Waals surface area contributed by atoms with Crippen LogP contribution in [0.1, 0.15) is 22.9 Å². The van der Waals surface area contributed by atoms with Gasteiger partial charge in [-0.25, -0.2) is 9.98 Å². The zero-order valence-electron chi connectivity index (χ0n) is 28.8. The van der Waals surface area contributed by atoms with Crippen LogP contribution in [-0.2, 0) is 0 Å². The lowest BCUT2D eigenvalue weighted by Crippen LogP contribution is -2.33. The Morgan fingerprint density at radius 2 is 0.981 bits per heavy atom. The number of rotatable bonds is 6. The molecule has 0 saturated heterocycles. The molecular weight excluding hydrogens is 647 g/mol. The Balaban J connectivity index is 1.08. The van der Waals surface area contributed by atoms with Gasteiger partial charge in [0, 0.05) is 27.5 Å². The minimum Gasteiger partial charge on any atom is -0.456 e. The second-order valence-corrected chi connectivity index (χ2v) is 13.4. The Kier molecular flexibility index (Phi) is 7.51. The Bertz CT molecular complexity index is 2830. The van der Waals surface area contributed by atoms with Crippen molar-refractivity contribution in [2.45, 2.75) is 6.17 Å². The summed E-state index contributed by atoms with van der Waals surface area (Å²) >= 11 is 0. The van der Waals surface area contributed by atoms with Gasteiger partial charge in [-0.2, -0.15) is 0 Å². The van der Waals surface area contributed by atoms with Crippen molar-refractivity contribution in [2.24, 2.45) is 9.98 Å². The molecule has 53 heavy (non-hydrogen) atoms. The molecule has 4 nitrogen and oxygen atoms in total. The largest absolute Gasteiger partial charge is 0.456 e. The molecule has 250 valence electrons. The predicted molar refractivity (Wildman–Crippen MR) is 219 cm³/mol. The van der Waals surface area contributed by atoms with E-state index in [1.54, 1.807) is 0 Å². The first-order valence-electron chi connectivity index (χ1n) is 17.9. The molecule has 0 saturated carbocycles. The average Bonchev–Trinajstić information content (AvgIpc) is 3.62. The summed E-state index contributed by atoms with van der Waals surface area (Å²) < 4.78 is 6.47. The van der Waals surface area contributed by atoms with Gasteiger partial charge in [0.1, 0.15) is 23.2 Å². The smallest absolute Gasteiger partial charge is 0.159 e. The van der Waals surface area contributed by atoms with Crippen LogP contribution in [0.2, 0.25) is 0 Å². The maximum absolute atomic E-state index is 6.47. The highest BCUT2D eigenvalue weighted by molar-refractivity contribution is 6.15. The van der Waals surface area contributed by atoms with Crippen LogP contribution in [0, 0.1) is 0 Å². The third-order valence-electron chi connectivity index (χ3n) is 10.2. The molecule has 10 rings (SSSR count). The van der Waals surface area contributed by atoms with E-state index in [-0.39, 0.29) is 0 Å². The minimum absolute atomic E-state index is 0.406. The van der Waals surface area contributed by atoms with E-state index in [0.29, 0.717) is 5.84 Å². The zero-order valence-corrected chi connectivity index (χ0v) is 28.8. The average molecular weight is 680 g/mol. The van der Waals surface area contributed by atoms with Crippen LogP contribution in [0.25, 0.3) is 66.1 Å². The Hall–Kier alpha value is -7.04. The van der Waals surface area contributed by atoms with E-state index in [1.165, 1.54) is 22.1 Å². The van der Waals surface area contributed by atoms with Crippen molar-refractivity contribution < 1.29 is 4.42 Å². The van der Waals surface area contributed by atoms with E-state index >= 15 is 0 Å². The molecule has 2 heterocycles. The normalized spacial score (nSPS) is 14.2. The molecule has 0 bridgehead atoms. The molecule has 1 aromatic heterocycles. The van der Waals surface area contributed by atoms with Crippen LogP contribution in [-0.4, -0.2) is 11.7 Å². The zero-order chi connectivity index (χ0) is 35.1. The van der Waals surface area contributed by atoms with Gasteiger partial charge in [-0.05, 0) is 68.4 Å². The molecule has 9 aromatic rings. The molecule has 0 fully saturated rings. The number of furan rings is 1. The molecular formula is C49H33N3O. The molecule has 1 aliphatic heterocycles. The molecule has 0 spiro atoms. The predicted octanol–water partition coefficient (Wildman–Crippen LogP) is 12.2. The Labute approximate surface area is 307 Å². The fourth-order valence-electron chi connectivity index (χ4n) is 7.41. The van der Waals surface area contributed by atoms with Crippen LogP contribution < -0.4 is 5.32 Å². The van der Waals surface area contributed by atoms with Crippen LogP contribution in [0.3, 0.4) is 0 Å². The highest BCUT2D eigenvalue weighted by Gasteiger charge is 2.25. The number of aliphatic imine (C=N–C) groups is 2. The first kappa shape index (κ1) is 30.8. The summed E-state index contributed by atoms with van der Waals surface area (Å²) in [6, 6.07) is 65.8. The topological polar surface area (TPSA) is 49.9 Å². The van der Waals surface area contributed by atoms with Crippen LogP contribution in [0.15, 0.2) is 202 Å². The maximum Gasteiger partial charge on any atom is 0.159 e. The van der Waals surface area contributed by atoms with E-state index in [9.17, 15) is 0 Å². The Morgan fingerprint density at radius 3 is 1.68 bits per heavy atom. The van der Waals surface area contributed by atoms with Gasteiger partial charge in [0.2, 0.25) is 0 Å². The van der Waals surface area contributed by atoms with E-state index in [1.807, 2.05) is 18.2 Å². The summed E-state index contributed by atoms with van der Waals surface area (Å²) in [6.45, 7) is 0. The summed E-state index contributed by atoms with van der Waals surface area (Å²) in [5, 5.41) is 8.16. The van der Waals surface area contributed by atoms with Gasteiger partial charge in [-0.1, -0.05) is 164 Å². The van der Waals surface area contributed by atoms with E-state index in [0.717, 1.165) is 66.5 Å². The monoisotopic (exact) mass is 679 g/mol. The molecule has 1 aliphatic rings. The van der Waals surface area contributed by atoms with Gasteiger partial charge in [-0.15, -0.1) is 0 Å². The third kappa shape index (κ3) is 5.77. The lowest BCUT2D eigenvalue weighted by molar-refractivity contribution is 0.662. The van der Waals surface area contributed by atoms with E-state index in [2.05, 4.69) is 175 Å². The summed E-state index contributed by atoms with van der Waals surface area (Å²) in [5.74, 6) is 1.46.